The second-order valence-corrected chi connectivity index (χ2v) is 5.55. The maximum absolute atomic E-state index is 12.3. The van der Waals surface area contributed by atoms with Crippen LogP contribution in [0, 0.1) is 6.92 Å². The highest BCUT2D eigenvalue weighted by molar-refractivity contribution is 5.85. The van der Waals surface area contributed by atoms with Crippen molar-refractivity contribution in [2.45, 2.75) is 32.9 Å². The van der Waals surface area contributed by atoms with E-state index in [1.165, 1.54) is 30.7 Å². The van der Waals surface area contributed by atoms with E-state index in [-0.39, 0.29) is 6.03 Å². The predicted octanol–water partition coefficient (Wildman–Crippen LogP) is 2.34. The second-order valence-electron chi connectivity index (χ2n) is 5.55. The van der Waals surface area contributed by atoms with Gasteiger partial charge in [0, 0.05) is 20.6 Å². The fourth-order valence-electron chi connectivity index (χ4n) is 1.67. The van der Waals surface area contributed by atoms with Crippen LogP contribution < -0.4 is 0 Å². The number of aliphatic carboxylic acids is 1. The third kappa shape index (κ3) is 3.50. The van der Waals surface area contributed by atoms with E-state index in [0.29, 0.717) is 6.54 Å². The summed E-state index contributed by atoms with van der Waals surface area (Å²) in [5.41, 5.74) is 0.929. The first kappa shape index (κ1) is 16.0. The molecule has 1 rings (SSSR count). The molecule has 0 aliphatic carbocycles. The molecule has 0 unspecified atom stereocenters. The number of hydrogen-bond acceptors (Lipinski definition) is 2. The molecule has 110 valence electrons. The average molecular weight is 278 g/mol. The van der Waals surface area contributed by atoms with Gasteiger partial charge in [-0.1, -0.05) is 29.8 Å². The summed E-state index contributed by atoms with van der Waals surface area (Å²) in [6.07, 6.45) is 0. The van der Waals surface area contributed by atoms with Crippen molar-refractivity contribution < 1.29 is 14.7 Å². The lowest BCUT2D eigenvalue weighted by molar-refractivity contribution is -0.147. The lowest BCUT2D eigenvalue weighted by Gasteiger charge is -2.34. The average Bonchev–Trinajstić information content (AvgIpc) is 2.39. The zero-order valence-corrected chi connectivity index (χ0v) is 12.7. The summed E-state index contributed by atoms with van der Waals surface area (Å²) in [7, 11) is 3.17. The molecule has 0 atom stereocenters. The summed E-state index contributed by atoms with van der Waals surface area (Å²) < 4.78 is 0. The van der Waals surface area contributed by atoms with Gasteiger partial charge in [-0.05, 0) is 26.3 Å². The molecule has 5 heteroatoms. The van der Waals surface area contributed by atoms with Gasteiger partial charge in [0.2, 0.25) is 0 Å². The number of carboxylic acids is 1. The van der Waals surface area contributed by atoms with E-state index in [0.717, 1.165) is 11.1 Å². The SMILES string of the molecule is Cc1ccc(CN(C)C(=O)N(C)C(C)(C)C(=O)O)cc1. The van der Waals surface area contributed by atoms with E-state index in [2.05, 4.69) is 0 Å². The van der Waals surface area contributed by atoms with Crippen LogP contribution in [0.15, 0.2) is 24.3 Å². The minimum absolute atomic E-state index is 0.321. The van der Waals surface area contributed by atoms with Crippen molar-refractivity contribution in [3.63, 3.8) is 0 Å². The van der Waals surface area contributed by atoms with Crippen molar-refractivity contribution in [2.75, 3.05) is 14.1 Å². The minimum atomic E-state index is -1.24. The number of aryl methyl sites for hydroxylation is 1. The fraction of sp³-hybridized carbons (Fsp3) is 0.467. The maximum Gasteiger partial charge on any atom is 0.329 e. The smallest absolute Gasteiger partial charge is 0.329 e. The summed E-state index contributed by atoms with van der Waals surface area (Å²) in [4.78, 5) is 26.2. The Labute approximate surface area is 119 Å². The number of carboxylic acid groups (broad SMARTS) is 1. The Morgan fingerprint density at radius 3 is 2.10 bits per heavy atom. The Balaban J connectivity index is 2.77. The van der Waals surface area contributed by atoms with E-state index in [4.69, 9.17) is 5.11 Å². The fourth-order valence-corrected chi connectivity index (χ4v) is 1.67. The lowest BCUT2D eigenvalue weighted by atomic mass is 10.0. The van der Waals surface area contributed by atoms with Crippen LogP contribution in [0.1, 0.15) is 25.0 Å². The van der Waals surface area contributed by atoms with Gasteiger partial charge >= 0.3 is 12.0 Å². The van der Waals surface area contributed by atoms with Crippen molar-refractivity contribution in [3.05, 3.63) is 35.4 Å². The van der Waals surface area contributed by atoms with Gasteiger partial charge in [-0.15, -0.1) is 0 Å². The van der Waals surface area contributed by atoms with Crippen LogP contribution in [0.4, 0.5) is 4.79 Å². The molecule has 0 aliphatic rings. The standard InChI is InChI=1S/C15H22N2O3/c1-11-6-8-12(9-7-11)10-16(4)14(20)17(5)15(2,3)13(18)19/h6-9H,10H2,1-5H3,(H,18,19). The monoisotopic (exact) mass is 278 g/mol. The minimum Gasteiger partial charge on any atom is -0.480 e. The molecule has 0 heterocycles. The van der Waals surface area contributed by atoms with Crippen LogP contribution in [0.2, 0.25) is 0 Å². The molecule has 0 saturated carbocycles. The first-order chi connectivity index (χ1) is 9.16. The van der Waals surface area contributed by atoms with Gasteiger partial charge in [-0.25, -0.2) is 9.59 Å². The van der Waals surface area contributed by atoms with Gasteiger partial charge in [-0.2, -0.15) is 0 Å². The molecular formula is C15H22N2O3. The molecule has 0 radical (unpaired) electrons. The van der Waals surface area contributed by atoms with Gasteiger partial charge in [0.05, 0.1) is 0 Å². The molecule has 0 bridgehead atoms. The van der Waals surface area contributed by atoms with Crippen molar-refractivity contribution in [2.24, 2.45) is 0 Å². The van der Waals surface area contributed by atoms with Crippen LogP contribution in [-0.4, -0.2) is 46.5 Å². The highest BCUT2D eigenvalue weighted by atomic mass is 16.4. The Morgan fingerprint density at radius 2 is 1.65 bits per heavy atom. The third-order valence-electron chi connectivity index (χ3n) is 3.52. The molecule has 0 aromatic heterocycles. The second kappa shape index (κ2) is 5.94. The van der Waals surface area contributed by atoms with Gasteiger partial charge < -0.3 is 14.9 Å². The molecule has 1 aromatic carbocycles. The van der Waals surface area contributed by atoms with Crippen LogP contribution >= 0.6 is 0 Å². The van der Waals surface area contributed by atoms with Gasteiger partial charge in [0.25, 0.3) is 0 Å². The van der Waals surface area contributed by atoms with Gasteiger partial charge in [-0.3, -0.25) is 0 Å². The molecular weight excluding hydrogens is 256 g/mol. The quantitative estimate of drug-likeness (QED) is 0.919. The van der Waals surface area contributed by atoms with Crippen LogP contribution in [0.3, 0.4) is 0 Å². The van der Waals surface area contributed by atoms with Crippen molar-refractivity contribution >= 4 is 12.0 Å². The topological polar surface area (TPSA) is 60.9 Å². The zero-order valence-electron chi connectivity index (χ0n) is 12.7. The number of nitrogens with zero attached hydrogens (tertiary/aromatic N) is 2. The van der Waals surface area contributed by atoms with Gasteiger partial charge in [0.1, 0.15) is 5.54 Å². The first-order valence-electron chi connectivity index (χ1n) is 6.44. The number of amides is 2. The number of carbonyl (C=O) groups is 2. The number of hydrogen-bond donors (Lipinski definition) is 1. The number of benzene rings is 1. The Morgan fingerprint density at radius 1 is 1.15 bits per heavy atom. The van der Waals surface area contributed by atoms with Crippen LogP contribution in [0.25, 0.3) is 0 Å². The lowest BCUT2D eigenvalue weighted by Crippen LogP contribution is -2.54. The molecule has 1 N–H and O–H groups in total. The van der Waals surface area contributed by atoms with E-state index in [9.17, 15) is 9.59 Å². The Bertz CT molecular complexity index is 494. The van der Waals surface area contributed by atoms with Crippen LogP contribution in [-0.2, 0) is 11.3 Å². The normalized spacial score (nSPS) is 11.1. The molecule has 0 aliphatic heterocycles. The van der Waals surface area contributed by atoms with E-state index in [1.807, 2.05) is 31.2 Å². The Kier molecular flexibility index (Phi) is 4.76. The highest BCUT2D eigenvalue weighted by Crippen LogP contribution is 2.15. The summed E-state index contributed by atoms with van der Waals surface area (Å²) in [5, 5.41) is 9.15. The molecule has 20 heavy (non-hydrogen) atoms. The summed E-state index contributed by atoms with van der Waals surface area (Å²) in [6, 6.07) is 7.57. The highest BCUT2D eigenvalue weighted by Gasteiger charge is 2.36. The predicted molar refractivity (Wildman–Crippen MR) is 77.5 cm³/mol. The zero-order chi connectivity index (χ0) is 15.5. The summed E-state index contributed by atoms with van der Waals surface area (Å²) >= 11 is 0. The largest absolute Gasteiger partial charge is 0.480 e. The Hall–Kier alpha value is -2.04. The first-order valence-corrected chi connectivity index (χ1v) is 6.44. The molecule has 0 fully saturated rings. The molecule has 0 saturated heterocycles. The van der Waals surface area contributed by atoms with Crippen molar-refractivity contribution in [3.8, 4) is 0 Å². The molecule has 1 aromatic rings. The van der Waals surface area contributed by atoms with E-state index < -0.39 is 11.5 Å². The third-order valence-corrected chi connectivity index (χ3v) is 3.52. The number of likely N-dealkylation sites (N-methyl/N-ethyl adjacent to an activating group) is 1. The van der Waals surface area contributed by atoms with Crippen molar-refractivity contribution in [1.82, 2.24) is 9.80 Å². The number of urea groups is 1. The molecule has 5 nitrogen and oxygen atoms in total. The summed E-state index contributed by atoms with van der Waals surface area (Å²) in [6.45, 7) is 5.46. The van der Waals surface area contributed by atoms with E-state index >= 15 is 0 Å². The van der Waals surface area contributed by atoms with E-state index in [1.54, 1.807) is 7.05 Å². The number of carbonyl (C=O) groups excluding carboxylic acids is 1. The van der Waals surface area contributed by atoms with Crippen molar-refractivity contribution in [1.29, 1.82) is 0 Å². The number of rotatable bonds is 4. The van der Waals surface area contributed by atoms with Crippen LogP contribution in [0.5, 0.6) is 0 Å². The molecule has 0 spiro atoms. The summed E-state index contributed by atoms with van der Waals surface area (Å²) in [5.74, 6) is -1.03. The molecule has 2 amide bonds. The maximum atomic E-state index is 12.3. The van der Waals surface area contributed by atoms with Gasteiger partial charge in [0.15, 0.2) is 0 Å².